The van der Waals surface area contributed by atoms with E-state index >= 15 is 0 Å². The van der Waals surface area contributed by atoms with Gasteiger partial charge in [-0.25, -0.2) is 4.79 Å². The second-order valence-corrected chi connectivity index (χ2v) is 4.93. The quantitative estimate of drug-likeness (QED) is 0.831. The average molecular weight is 250 g/mol. The fourth-order valence-electron chi connectivity index (χ4n) is 1.77. The Kier molecular flexibility index (Phi) is 2.93. The molecule has 17 heavy (non-hydrogen) atoms. The number of carbonyl (C=O) groups is 1. The van der Waals surface area contributed by atoms with Crippen molar-refractivity contribution in [3.8, 4) is 0 Å². The molecular weight excluding hydrogens is 236 g/mol. The molecule has 2 N–H and O–H groups in total. The molecule has 0 radical (unpaired) electrons. The summed E-state index contributed by atoms with van der Waals surface area (Å²) in [5, 5.41) is 0.919. The Hall–Kier alpha value is -1.75. The molecule has 0 aliphatic rings. The molecule has 0 amide bonds. The first-order valence-corrected chi connectivity index (χ1v) is 5.94. The molecule has 0 fully saturated rings. The molecule has 90 valence electrons. The lowest BCUT2D eigenvalue weighted by Gasteiger charge is -2.14. The predicted octanol–water partition coefficient (Wildman–Crippen LogP) is 2.34. The lowest BCUT2D eigenvalue weighted by molar-refractivity contribution is 0.0607. The second-order valence-electron chi connectivity index (χ2n) is 3.88. The standard InChI is InChI=1S/C12H14N2O2S/c1-14(2)7-5-4-6-8-9(7)10(13)11(17-8)12(15)16-3/h4-6H,13H2,1-3H3. The Morgan fingerprint density at radius 2 is 2.12 bits per heavy atom. The first kappa shape index (κ1) is 11.7. The van der Waals surface area contributed by atoms with Crippen LogP contribution in [0, 0.1) is 0 Å². The number of esters is 1. The van der Waals surface area contributed by atoms with E-state index in [2.05, 4.69) is 0 Å². The maximum absolute atomic E-state index is 11.6. The van der Waals surface area contributed by atoms with Gasteiger partial charge in [-0.15, -0.1) is 11.3 Å². The number of nitrogens with two attached hydrogens (primary N) is 1. The van der Waals surface area contributed by atoms with Gasteiger partial charge < -0.3 is 15.4 Å². The van der Waals surface area contributed by atoms with E-state index in [1.807, 2.05) is 37.2 Å². The van der Waals surface area contributed by atoms with E-state index in [-0.39, 0.29) is 5.97 Å². The number of nitrogens with zero attached hydrogens (tertiary/aromatic N) is 1. The van der Waals surface area contributed by atoms with Crippen LogP contribution in [-0.2, 0) is 4.74 Å². The van der Waals surface area contributed by atoms with Gasteiger partial charge in [-0.3, -0.25) is 0 Å². The van der Waals surface area contributed by atoms with Gasteiger partial charge in [-0.2, -0.15) is 0 Å². The van der Waals surface area contributed by atoms with E-state index < -0.39 is 0 Å². The largest absolute Gasteiger partial charge is 0.465 e. The smallest absolute Gasteiger partial charge is 0.350 e. The normalized spacial score (nSPS) is 10.5. The first-order chi connectivity index (χ1) is 8.06. The summed E-state index contributed by atoms with van der Waals surface area (Å²) in [6, 6.07) is 5.89. The van der Waals surface area contributed by atoms with Crippen molar-refractivity contribution >= 4 is 38.8 Å². The monoisotopic (exact) mass is 250 g/mol. The van der Waals surface area contributed by atoms with Crippen molar-refractivity contribution < 1.29 is 9.53 Å². The molecule has 2 aromatic rings. The van der Waals surface area contributed by atoms with Crippen LogP contribution in [0.15, 0.2) is 18.2 Å². The number of fused-ring (bicyclic) bond motifs is 1. The van der Waals surface area contributed by atoms with Crippen LogP contribution >= 0.6 is 11.3 Å². The van der Waals surface area contributed by atoms with Gasteiger partial charge in [0, 0.05) is 29.9 Å². The lowest BCUT2D eigenvalue weighted by Crippen LogP contribution is -2.09. The van der Waals surface area contributed by atoms with Gasteiger partial charge in [0.1, 0.15) is 4.88 Å². The molecule has 0 aliphatic carbocycles. The molecule has 5 heteroatoms. The van der Waals surface area contributed by atoms with Crippen molar-refractivity contribution in [1.82, 2.24) is 0 Å². The van der Waals surface area contributed by atoms with Crippen LogP contribution in [0.25, 0.3) is 10.1 Å². The minimum absolute atomic E-state index is 0.381. The van der Waals surface area contributed by atoms with Crippen LogP contribution in [0.1, 0.15) is 9.67 Å². The molecule has 0 atom stereocenters. The highest BCUT2D eigenvalue weighted by Gasteiger charge is 2.19. The van der Waals surface area contributed by atoms with Gasteiger partial charge in [0.25, 0.3) is 0 Å². The number of anilines is 2. The van der Waals surface area contributed by atoms with Crippen molar-refractivity contribution in [2.45, 2.75) is 0 Å². The number of rotatable bonds is 2. The van der Waals surface area contributed by atoms with Crippen LogP contribution in [0.4, 0.5) is 11.4 Å². The molecule has 0 saturated carbocycles. The zero-order valence-corrected chi connectivity index (χ0v) is 10.8. The molecule has 4 nitrogen and oxygen atoms in total. The number of hydrogen-bond donors (Lipinski definition) is 1. The molecule has 2 rings (SSSR count). The average Bonchev–Trinajstić information content (AvgIpc) is 2.66. The van der Waals surface area contributed by atoms with Crippen LogP contribution in [0.3, 0.4) is 0 Å². The third kappa shape index (κ3) is 1.82. The summed E-state index contributed by atoms with van der Waals surface area (Å²) in [4.78, 5) is 14.0. The van der Waals surface area contributed by atoms with Crippen molar-refractivity contribution in [1.29, 1.82) is 0 Å². The minimum Gasteiger partial charge on any atom is -0.465 e. The number of hydrogen-bond acceptors (Lipinski definition) is 5. The van der Waals surface area contributed by atoms with Crippen LogP contribution < -0.4 is 10.6 Å². The highest BCUT2D eigenvalue weighted by Crippen LogP contribution is 2.39. The van der Waals surface area contributed by atoms with Gasteiger partial charge in [-0.1, -0.05) is 6.07 Å². The van der Waals surface area contributed by atoms with Crippen molar-refractivity contribution in [3.63, 3.8) is 0 Å². The summed E-state index contributed by atoms with van der Waals surface area (Å²) < 4.78 is 5.72. The first-order valence-electron chi connectivity index (χ1n) is 5.13. The van der Waals surface area contributed by atoms with E-state index in [1.165, 1.54) is 18.4 Å². The van der Waals surface area contributed by atoms with Gasteiger partial charge in [0.05, 0.1) is 12.8 Å². The molecule has 0 unspecified atom stereocenters. The molecule has 0 saturated heterocycles. The zero-order valence-electron chi connectivity index (χ0n) is 9.98. The number of benzene rings is 1. The SMILES string of the molecule is COC(=O)c1sc2cccc(N(C)C)c2c1N. The Labute approximate surface area is 104 Å². The fourth-order valence-corrected chi connectivity index (χ4v) is 2.83. The molecule has 1 aromatic carbocycles. The Bertz CT molecular complexity index is 575. The summed E-state index contributed by atoms with van der Waals surface area (Å²) in [5.74, 6) is -0.381. The van der Waals surface area contributed by atoms with Crippen LogP contribution in [0.2, 0.25) is 0 Å². The molecular formula is C12H14N2O2S. The molecule has 0 aliphatic heterocycles. The predicted molar refractivity (Wildman–Crippen MR) is 71.9 cm³/mol. The fraction of sp³-hybridized carbons (Fsp3) is 0.250. The van der Waals surface area contributed by atoms with Gasteiger partial charge in [0.15, 0.2) is 0 Å². The van der Waals surface area contributed by atoms with Gasteiger partial charge >= 0.3 is 5.97 Å². The lowest BCUT2D eigenvalue weighted by atomic mass is 10.1. The third-order valence-corrected chi connectivity index (χ3v) is 3.73. The van der Waals surface area contributed by atoms with E-state index in [0.717, 1.165) is 15.8 Å². The van der Waals surface area contributed by atoms with Crippen LogP contribution in [0.5, 0.6) is 0 Å². The minimum atomic E-state index is -0.381. The summed E-state index contributed by atoms with van der Waals surface area (Å²) in [5.41, 5.74) is 7.54. The van der Waals surface area contributed by atoms with E-state index in [9.17, 15) is 4.79 Å². The molecule has 0 spiro atoms. The third-order valence-electron chi connectivity index (χ3n) is 2.58. The van der Waals surface area contributed by atoms with Crippen molar-refractivity contribution in [3.05, 3.63) is 23.1 Å². The summed E-state index contributed by atoms with van der Waals surface area (Å²) in [7, 11) is 5.26. The highest BCUT2D eigenvalue weighted by molar-refractivity contribution is 7.21. The van der Waals surface area contributed by atoms with Crippen LogP contribution in [-0.4, -0.2) is 27.2 Å². The van der Waals surface area contributed by atoms with E-state index in [0.29, 0.717) is 10.6 Å². The van der Waals surface area contributed by atoms with E-state index in [1.54, 1.807) is 0 Å². The number of methoxy groups -OCH3 is 1. The molecule has 0 bridgehead atoms. The van der Waals surface area contributed by atoms with Gasteiger partial charge in [-0.05, 0) is 12.1 Å². The summed E-state index contributed by atoms with van der Waals surface area (Å²) in [6.07, 6.45) is 0. The summed E-state index contributed by atoms with van der Waals surface area (Å²) >= 11 is 1.36. The molecule has 1 aromatic heterocycles. The van der Waals surface area contributed by atoms with Gasteiger partial charge in [0.2, 0.25) is 0 Å². The Morgan fingerprint density at radius 3 is 2.71 bits per heavy atom. The number of nitrogen functional groups attached to an aromatic ring is 1. The second kappa shape index (κ2) is 4.25. The number of carbonyl (C=O) groups excluding carboxylic acids is 1. The van der Waals surface area contributed by atoms with Crippen molar-refractivity contribution in [2.24, 2.45) is 0 Å². The molecule has 1 heterocycles. The summed E-state index contributed by atoms with van der Waals surface area (Å²) in [6.45, 7) is 0. The number of ether oxygens (including phenoxy) is 1. The topological polar surface area (TPSA) is 55.6 Å². The number of thiophene rings is 1. The Balaban J connectivity index is 2.74. The van der Waals surface area contributed by atoms with E-state index in [4.69, 9.17) is 10.5 Å². The maximum Gasteiger partial charge on any atom is 0.350 e. The maximum atomic E-state index is 11.6. The Morgan fingerprint density at radius 1 is 1.41 bits per heavy atom. The van der Waals surface area contributed by atoms with Crippen molar-refractivity contribution in [2.75, 3.05) is 31.8 Å². The zero-order chi connectivity index (χ0) is 12.6. The highest BCUT2D eigenvalue weighted by atomic mass is 32.1.